The first-order chi connectivity index (χ1) is 13.1. The van der Waals surface area contributed by atoms with Gasteiger partial charge in [0.25, 0.3) is 5.91 Å². The van der Waals surface area contributed by atoms with Gasteiger partial charge in [0.05, 0.1) is 0 Å². The summed E-state index contributed by atoms with van der Waals surface area (Å²) in [7, 11) is 0. The zero-order valence-electron chi connectivity index (χ0n) is 14.3. The van der Waals surface area contributed by atoms with Crippen molar-refractivity contribution in [3.63, 3.8) is 0 Å². The Labute approximate surface area is 155 Å². The van der Waals surface area contributed by atoms with Crippen molar-refractivity contribution in [1.82, 2.24) is 10.3 Å². The number of nitriles is 1. The van der Waals surface area contributed by atoms with Gasteiger partial charge in [-0.15, -0.1) is 0 Å². The van der Waals surface area contributed by atoms with Gasteiger partial charge in [0, 0.05) is 23.5 Å². The third-order valence-corrected chi connectivity index (χ3v) is 4.18. The first kappa shape index (κ1) is 18.0. The van der Waals surface area contributed by atoms with Crippen LogP contribution < -0.4 is 5.32 Å². The summed E-state index contributed by atoms with van der Waals surface area (Å²) in [5.74, 6) is -1.88. The van der Waals surface area contributed by atoms with E-state index in [1.165, 1.54) is 6.08 Å². The summed E-state index contributed by atoms with van der Waals surface area (Å²) in [6.45, 7) is 0. The van der Waals surface area contributed by atoms with E-state index in [0.717, 1.165) is 16.5 Å². The van der Waals surface area contributed by atoms with Gasteiger partial charge in [-0.25, -0.2) is 4.79 Å². The minimum atomic E-state index is -1.16. The molecule has 3 aromatic rings. The molecule has 1 aromatic heterocycles. The van der Waals surface area contributed by atoms with Gasteiger partial charge in [-0.1, -0.05) is 48.5 Å². The fraction of sp³-hybridized carbons (Fsp3) is 0.0952. The molecule has 6 heteroatoms. The lowest BCUT2D eigenvalue weighted by atomic mass is 10.0. The Kier molecular flexibility index (Phi) is 5.33. The quantitative estimate of drug-likeness (QED) is 0.465. The van der Waals surface area contributed by atoms with Crippen LogP contribution in [-0.2, 0) is 16.0 Å². The number of aromatic nitrogens is 1. The maximum Gasteiger partial charge on any atom is 0.326 e. The Hall–Kier alpha value is -3.85. The molecule has 1 atom stereocenters. The van der Waals surface area contributed by atoms with Crippen molar-refractivity contribution < 1.29 is 14.7 Å². The average Bonchev–Trinajstić information content (AvgIpc) is 3.09. The number of rotatable bonds is 6. The fourth-order valence-electron chi connectivity index (χ4n) is 2.82. The Morgan fingerprint density at radius 1 is 1.15 bits per heavy atom. The summed E-state index contributed by atoms with van der Waals surface area (Å²) < 4.78 is 0. The molecular weight excluding hydrogens is 342 g/mol. The molecule has 27 heavy (non-hydrogen) atoms. The lowest BCUT2D eigenvalue weighted by Gasteiger charge is -2.14. The van der Waals surface area contributed by atoms with Gasteiger partial charge >= 0.3 is 5.97 Å². The van der Waals surface area contributed by atoms with Gasteiger partial charge in [0.15, 0.2) is 0 Å². The molecule has 2 aromatic carbocycles. The van der Waals surface area contributed by atoms with Crippen molar-refractivity contribution >= 4 is 28.9 Å². The van der Waals surface area contributed by atoms with Crippen molar-refractivity contribution in [2.45, 2.75) is 12.5 Å². The van der Waals surface area contributed by atoms with E-state index in [2.05, 4.69) is 10.3 Å². The van der Waals surface area contributed by atoms with Crippen molar-refractivity contribution in [2.24, 2.45) is 0 Å². The molecule has 0 aliphatic rings. The van der Waals surface area contributed by atoms with Crippen LogP contribution in [0.25, 0.3) is 17.0 Å². The minimum absolute atomic E-state index is 0.106. The van der Waals surface area contributed by atoms with E-state index in [1.54, 1.807) is 30.5 Å². The van der Waals surface area contributed by atoms with Crippen LogP contribution in [0.15, 0.2) is 66.4 Å². The highest BCUT2D eigenvalue weighted by atomic mass is 16.4. The molecule has 0 radical (unpaired) electrons. The normalized spacial score (nSPS) is 12.3. The standard InChI is InChI=1S/C21H17N3O3/c22-12-15(10-14-6-2-1-3-7-14)20(25)24-19(21(26)27)11-16-13-23-18-9-5-4-8-17(16)18/h1-10,13,19,23H,11H2,(H,24,25)(H,26,27)/b15-10-/t19-/m0/s1. The number of nitrogens with zero attached hydrogens (tertiary/aromatic N) is 1. The topological polar surface area (TPSA) is 106 Å². The molecule has 0 saturated carbocycles. The van der Waals surface area contributed by atoms with Crippen LogP contribution in [-0.4, -0.2) is 28.0 Å². The van der Waals surface area contributed by atoms with E-state index in [1.807, 2.05) is 36.4 Å². The molecule has 0 aliphatic carbocycles. The summed E-state index contributed by atoms with van der Waals surface area (Å²) in [4.78, 5) is 27.1. The van der Waals surface area contributed by atoms with E-state index >= 15 is 0 Å². The lowest BCUT2D eigenvalue weighted by Crippen LogP contribution is -2.42. The van der Waals surface area contributed by atoms with Crippen molar-refractivity contribution in [3.05, 3.63) is 77.5 Å². The molecule has 0 saturated heterocycles. The first-order valence-corrected chi connectivity index (χ1v) is 8.34. The number of amides is 1. The van der Waals surface area contributed by atoms with Crippen molar-refractivity contribution in [1.29, 1.82) is 5.26 Å². The van der Waals surface area contributed by atoms with Crippen LogP contribution in [0, 0.1) is 11.3 Å². The molecule has 3 N–H and O–H groups in total. The second kappa shape index (κ2) is 8.02. The van der Waals surface area contributed by atoms with Crippen molar-refractivity contribution in [2.75, 3.05) is 0 Å². The predicted octanol–water partition coefficient (Wildman–Crippen LogP) is 2.89. The summed E-state index contributed by atoms with van der Waals surface area (Å²) in [6.07, 6.45) is 3.27. The lowest BCUT2D eigenvalue weighted by molar-refractivity contribution is -0.141. The molecule has 0 unspecified atom stereocenters. The van der Waals surface area contributed by atoms with Crippen LogP contribution in [0.1, 0.15) is 11.1 Å². The van der Waals surface area contributed by atoms with E-state index in [0.29, 0.717) is 5.56 Å². The van der Waals surface area contributed by atoms with E-state index in [-0.39, 0.29) is 12.0 Å². The summed E-state index contributed by atoms with van der Waals surface area (Å²) in [6, 6.07) is 17.1. The molecule has 0 aliphatic heterocycles. The summed E-state index contributed by atoms with van der Waals surface area (Å²) in [5.41, 5.74) is 2.22. The smallest absolute Gasteiger partial charge is 0.326 e. The molecule has 0 spiro atoms. The number of carboxylic acids is 1. The maximum absolute atomic E-state index is 12.4. The summed E-state index contributed by atoms with van der Waals surface area (Å²) in [5, 5.41) is 22.1. The van der Waals surface area contributed by atoms with E-state index < -0.39 is 17.9 Å². The number of fused-ring (bicyclic) bond motifs is 1. The molecular formula is C21H17N3O3. The predicted molar refractivity (Wildman–Crippen MR) is 102 cm³/mol. The number of carboxylic acid groups (broad SMARTS) is 1. The zero-order chi connectivity index (χ0) is 19.2. The SMILES string of the molecule is N#C/C(=C/c1ccccc1)C(=O)N[C@@H](Cc1c[nH]c2ccccc12)C(=O)O. The molecule has 1 heterocycles. The van der Waals surface area contributed by atoms with Crippen molar-refractivity contribution in [3.8, 4) is 6.07 Å². The highest BCUT2D eigenvalue weighted by molar-refractivity contribution is 6.03. The first-order valence-electron chi connectivity index (χ1n) is 8.34. The van der Waals surface area contributed by atoms with E-state index in [4.69, 9.17) is 0 Å². The van der Waals surface area contributed by atoms with Crippen LogP contribution in [0.2, 0.25) is 0 Å². The molecule has 3 rings (SSSR count). The van der Waals surface area contributed by atoms with Gasteiger partial charge < -0.3 is 15.4 Å². The number of hydrogen-bond acceptors (Lipinski definition) is 3. The van der Waals surface area contributed by atoms with Gasteiger partial charge in [0.2, 0.25) is 0 Å². The Morgan fingerprint density at radius 3 is 2.56 bits per heavy atom. The van der Waals surface area contributed by atoms with Crippen LogP contribution in [0.5, 0.6) is 0 Å². The monoisotopic (exact) mass is 359 g/mol. The molecule has 1 amide bonds. The van der Waals surface area contributed by atoms with Crippen LogP contribution in [0.4, 0.5) is 0 Å². The highest BCUT2D eigenvalue weighted by Crippen LogP contribution is 2.19. The number of nitrogens with one attached hydrogen (secondary N) is 2. The molecule has 134 valence electrons. The second-order valence-corrected chi connectivity index (χ2v) is 6.01. The van der Waals surface area contributed by atoms with E-state index in [9.17, 15) is 20.0 Å². The fourth-order valence-corrected chi connectivity index (χ4v) is 2.82. The number of aromatic amines is 1. The Morgan fingerprint density at radius 2 is 1.85 bits per heavy atom. The minimum Gasteiger partial charge on any atom is -0.480 e. The second-order valence-electron chi connectivity index (χ2n) is 6.01. The van der Waals surface area contributed by atoms with Gasteiger partial charge in [-0.2, -0.15) is 5.26 Å². The Bertz CT molecular complexity index is 1050. The van der Waals surface area contributed by atoms with Gasteiger partial charge in [-0.05, 0) is 23.3 Å². The number of benzene rings is 2. The average molecular weight is 359 g/mol. The molecule has 6 nitrogen and oxygen atoms in total. The maximum atomic E-state index is 12.4. The Balaban J connectivity index is 1.79. The number of hydrogen-bond donors (Lipinski definition) is 3. The molecule has 0 bridgehead atoms. The third-order valence-electron chi connectivity index (χ3n) is 4.18. The zero-order valence-corrected chi connectivity index (χ0v) is 14.3. The summed E-state index contributed by atoms with van der Waals surface area (Å²) >= 11 is 0. The largest absolute Gasteiger partial charge is 0.480 e. The number of para-hydroxylation sites is 1. The van der Waals surface area contributed by atoms with Crippen LogP contribution in [0.3, 0.4) is 0 Å². The number of H-pyrrole nitrogens is 1. The third kappa shape index (κ3) is 4.22. The number of carbonyl (C=O) groups excluding carboxylic acids is 1. The molecule has 0 fully saturated rings. The van der Waals surface area contributed by atoms with Gasteiger partial charge in [-0.3, -0.25) is 4.79 Å². The van der Waals surface area contributed by atoms with Gasteiger partial charge in [0.1, 0.15) is 17.7 Å². The number of aliphatic carboxylic acids is 1. The highest BCUT2D eigenvalue weighted by Gasteiger charge is 2.23. The number of carbonyl (C=O) groups is 2. The van der Waals surface area contributed by atoms with Crippen LogP contribution >= 0.6 is 0 Å².